The molecule has 84 valence electrons. The van der Waals surface area contributed by atoms with E-state index >= 15 is 0 Å². The third kappa shape index (κ3) is 2.98. The Morgan fingerprint density at radius 1 is 1.67 bits per heavy atom. The van der Waals surface area contributed by atoms with E-state index in [1.54, 1.807) is 0 Å². The molecule has 0 saturated carbocycles. The molecule has 2 heterocycles. The normalized spacial score (nSPS) is 21.4. The van der Waals surface area contributed by atoms with E-state index in [0.717, 1.165) is 18.0 Å². The van der Waals surface area contributed by atoms with Gasteiger partial charge in [0, 0.05) is 30.3 Å². The van der Waals surface area contributed by atoms with E-state index in [1.807, 2.05) is 11.8 Å². The number of hydrogen-bond acceptors (Lipinski definition) is 4. The Morgan fingerprint density at radius 2 is 2.53 bits per heavy atom. The lowest BCUT2D eigenvalue weighted by Gasteiger charge is -2.08. The first-order valence-electron chi connectivity index (χ1n) is 5.52. The number of hydrogen-bond donors (Lipinski definition) is 1. The van der Waals surface area contributed by atoms with Gasteiger partial charge < -0.3 is 9.84 Å². The third-order valence-corrected chi connectivity index (χ3v) is 3.81. The van der Waals surface area contributed by atoms with Crippen molar-refractivity contribution in [3.05, 3.63) is 17.5 Å². The molecule has 1 aromatic heterocycles. The second-order valence-electron chi connectivity index (χ2n) is 4.32. The fourth-order valence-electron chi connectivity index (χ4n) is 1.63. The van der Waals surface area contributed by atoms with Crippen LogP contribution < -0.4 is 5.32 Å². The molecule has 0 aliphatic carbocycles. The zero-order chi connectivity index (χ0) is 10.7. The van der Waals surface area contributed by atoms with Crippen LogP contribution in [0.25, 0.3) is 0 Å². The number of aromatic nitrogens is 1. The fraction of sp³-hybridized carbons (Fsp3) is 0.727. The van der Waals surface area contributed by atoms with E-state index in [0.29, 0.717) is 12.0 Å². The second kappa shape index (κ2) is 5.03. The smallest absolute Gasteiger partial charge is 0.139 e. The number of thioether (sulfide) groups is 1. The molecule has 0 bridgehead atoms. The van der Waals surface area contributed by atoms with Crippen molar-refractivity contribution in [2.24, 2.45) is 0 Å². The Kier molecular flexibility index (Phi) is 3.70. The van der Waals surface area contributed by atoms with Crippen molar-refractivity contribution in [1.29, 1.82) is 0 Å². The maximum atomic E-state index is 5.25. The van der Waals surface area contributed by atoms with Crippen molar-refractivity contribution >= 4 is 11.8 Å². The molecule has 1 N–H and O–H groups in total. The van der Waals surface area contributed by atoms with Crippen LogP contribution in [0.3, 0.4) is 0 Å². The Bertz CT molecular complexity index is 305. The highest BCUT2D eigenvalue weighted by Crippen LogP contribution is 2.18. The molecule has 0 radical (unpaired) electrons. The Hall–Kier alpha value is -0.480. The quantitative estimate of drug-likeness (QED) is 0.855. The molecular weight excluding hydrogens is 208 g/mol. The van der Waals surface area contributed by atoms with Gasteiger partial charge in [-0.25, -0.2) is 0 Å². The number of nitrogens with one attached hydrogen (secondary N) is 1. The zero-order valence-corrected chi connectivity index (χ0v) is 10.1. The van der Waals surface area contributed by atoms with Crippen LogP contribution in [0.4, 0.5) is 0 Å². The predicted octanol–water partition coefficient (Wildman–Crippen LogP) is 2.39. The molecule has 0 amide bonds. The van der Waals surface area contributed by atoms with Gasteiger partial charge in [-0.3, -0.25) is 0 Å². The van der Waals surface area contributed by atoms with Crippen LogP contribution in [0.1, 0.15) is 37.6 Å². The molecule has 15 heavy (non-hydrogen) atoms. The van der Waals surface area contributed by atoms with Crippen LogP contribution in [-0.4, -0.2) is 22.7 Å². The summed E-state index contributed by atoms with van der Waals surface area (Å²) in [5, 5.41) is 7.56. The van der Waals surface area contributed by atoms with Gasteiger partial charge in [-0.05, 0) is 12.2 Å². The molecule has 1 aliphatic heterocycles. The summed E-state index contributed by atoms with van der Waals surface area (Å²) in [4.78, 5) is 0. The maximum absolute atomic E-state index is 5.25. The van der Waals surface area contributed by atoms with E-state index in [2.05, 4.69) is 30.4 Å². The lowest BCUT2D eigenvalue weighted by molar-refractivity contribution is 0.363. The first kappa shape index (κ1) is 11.0. The van der Waals surface area contributed by atoms with Gasteiger partial charge in [0.25, 0.3) is 0 Å². The van der Waals surface area contributed by atoms with Crippen molar-refractivity contribution in [1.82, 2.24) is 10.5 Å². The van der Waals surface area contributed by atoms with E-state index in [1.165, 1.54) is 17.9 Å². The van der Waals surface area contributed by atoms with E-state index < -0.39 is 0 Å². The summed E-state index contributed by atoms with van der Waals surface area (Å²) in [7, 11) is 0. The summed E-state index contributed by atoms with van der Waals surface area (Å²) < 4.78 is 5.25. The summed E-state index contributed by atoms with van der Waals surface area (Å²) in [6.07, 6.45) is 1.28. The average molecular weight is 226 g/mol. The third-order valence-electron chi connectivity index (χ3n) is 2.65. The first-order valence-corrected chi connectivity index (χ1v) is 6.68. The van der Waals surface area contributed by atoms with E-state index in [9.17, 15) is 0 Å². The Labute approximate surface area is 95.0 Å². The standard InChI is InChI=1S/C11H18N2OS/c1-8(2)11-5-10(13-14-11)6-12-9-3-4-15-7-9/h5,8-9,12H,3-4,6-7H2,1-2H3/t9-/m1/s1. The van der Waals surface area contributed by atoms with Gasteiger partial charge in [0.05, 0.1) is 5.69 Å². The first-order chi connectivity index (χ1) is 7.25. The molecule has 1 saturated heterocycles. The zero-order valence-electron chi connectivity index (χ0n) is 9.32. The van der Waals surface area contributed by atoms with Crippen molar-refractivity contribution in [3.8, 4) is 0 Å². The van der Waals surface area contributed by atoms with Gasteiger partial charge in [0.15, 0.2) is 0 Å². The molecule has 0 unspecified atom stereocenters. The topological polar surface area (TPSA) is 38.1 Å². The summed E-state index contributed by atoms with van der Waals surface area (Å²) in [5.74, 6) is 3.92. The van der Waals surface area contributed by atoms with Crippen LogP contribution >= 0.6 is 11.8 Å². The monoisotopic (exact) mass is 226 g/mol. The minimum atomic E-state index is 0.424. The predicted molar refractivity (Wildman–Crippen MR) is 63.2 cm³/mol. The second-order valence-corrected chi connectivity index (χ2v) is 5.47. The molecule has 2 rings (SSSR count). The van der Waals surface area contributed by atoms with Crippen molar-refractivity contribution < 1.29 is 4.52 Å². The largest absolute Gasteiger partial charge is 0.361 e. The molecule has 1 aromatic rings. The SMILES string of the molecule is CC(C)c1cc(CN[C@@H]2CCSC2)no1. The average Bonchev–Trinajstić information content (AvgIpc) is 2.86. The highest BCUT2D eigenvalue weighted by atomic mass is 32.2. The van der Waals surface area contributed by atoms with Gasteiger partial charge in [-0.15, -0.1) is 0 Å². The minimum absolute atomic E-state index is 0.424. The van der Waals surface area contributed by atoms with Crippen LogP contribution in [0.5, 0.6) is 0 Å². The maximum Gasteiger partial charge on any atom is 0.139 e. The molecule has 3 nitrogen and oxygen atoms in total. The molecule has 0 spiro atoms. The molecule has 1 aliphatic rings. The van der Waals surface area contributed by atoms with Gasteiger partial charge in [-0.2, -0.15) is 11.8 Å². The highest BCUT2D eigenvalue weighted by molar-refractivity contribution is 7.99. The van der Waals surface area contributed by atoms with Crippen LogP contribution in [-0.2, 0) is 6.54 Å². The lowest BCUT2D eigenvalue weighted by Crippen LogP contribution is -2.28. The fourth-order valence-corrected chi connectivity index (χ4v) is 2.81. The van der Waals surface area contributed by atoms with Gasteiger partial charge in [0.2, 0.25) is 0 Å². The molecular formula is C11H18N2OS. The van der Waals surface area contributed by atoms with Gasteiger partial charge in [0.1, 0.15) is 5.76 Å². The van der Waals surface area contributed by atoms with Crippen LogP contribution in [0.2, 0.25) is 0 Å². The minimum Gasteiger partial charge on any atom is -0.361 e. The lowest BCUT2D eigenvalue weighted by atomic mass is 10.1. The Morgan fingerprint density at radius 3 is 3.13 bits per heavy atom. The molecule has 1 fully saturated rings. The highest BCUT2D eigenvalue weighted by Gasteiger charge is 2.15. The summed E-state index contributed by atoms with van der Waals surface area (Å²) in [5.41, 5.74) is 1.02. The van der Waals surface area contributed by atoms with E-state index in [4.69, 9.17) is 4.52 Å². The van der Waals surface area contributed by atoms with Crippen molar-refractivity contribution in [2.45, 2.75) is 38.8 Å². The molecule has 0 aromatic carbocycles. The molecule has 1 atom stereocenters. The number of rotatable bonds is 4. The Balaban J connectivity index is 1.82. The number of nitrogens with zero attached hydrogens (tertiary/aromatic N) is 1. The van der Waals surface area contributed by atoms with E-state index in [-0.39, 0.29) is 0 Å². The van der Waals surface area contributed by atoms with Crippen molar-refractivity contribution in [2.75, 3.05) is 11.5 Å². The van der Waals surface area contributed by atoms with Gasteiger partial charge in [-0.1, -0.05) is 19.0 Å². The summed E-state index contributed by atoms with van der Waals surface area (Å²) in [6, 6.07) is 2.72. The molecule has 4 heteroatoms. The summed E-state index contributed by atoms with van der Waals surface area (Å²) >= 11 is 2.02. The van der Waals surface area contributed by atoms with Gasteiger partial charge >= 0.3 is 0 Å². The van der Waals surface area contributed by atoms with Crippen LogP contribution in [0, 0.1) is 0 Å². The summed E-state index contributed by atoms with van der Waals surface area (Å²) in [6.45, 7) is 5.07. The van der Waals surface area contributed by atoms with Crippen LogP contribution in [0.15, 0.2) is 10.6 Å². The van der Waals surface area contributed by atoms with Crippen molar-refractivity contribution in [3.63, 3.8) is 0 Å².